The molecule has 0 bridgehead atoms. The maximum Gasteiger partial charge on any atom is 0.407 e. The highest BCUT2D eigenvalue weighted by molar-refractivity contribution is 9.10. The molecule has 1 N–H and O–H groups in total. The second kappa shape index (κ2) is 6.86. The van der Waals surface area contributed by atoms with E-state index in [1.54, 1.807) is 32.9 Å². The maximum atomic E-state index is 14.0. The zero-order valence-electron chi connectivity index (χ0n) is 13.4. The summed E-state index contributed by atoms with van der Waals surface area (Å²) < 4.78 is 19.5. The van der Waals surface area contributed by atoms with Crippen molar-refractivity contribution in [3.05, 3.63) is 34.1 Å². The lowest BCUT2D eigenvalue weighted by Crippen LogP contribution is -2.41. The van der Waals surface area contributed by atoms with Gasteiger partial charge in [0.25, 0.3) is 5.91 Å². The van der Waals surface area contributed by atoms with Gasteiger partial charge in [-0.1, -0.05) is 6.07 Å². The Balaban J connectivity index is 1.96. The number of hydrogen-bond acceptors (Lipinski definition) is 3. The SMILES string of the molecule is CC(C)(C)OC(=O)N[C@H]1CCN(C(=O)c2cccc(Br)c2F)C1. The first-order valence-corrected chi connectivity index (χ1v) is 8.19. The van der Waals surface area contributed by atoms with E-state index in [0.29, 0.717) is 19.5 Å². The molecule has 126 valence electrons. The molecular weight excluding hydrogens is 367 g/mol. The minimum Gasteiger partial charge on any atom is -0.444 e. The van der Waals surface area contributed by atoms with Crippen LogP contribution in [0.25, 0.3) is 0 Å². The standard InChI is InChI=1S/C16H20BrFN2O3/c1-16(2,3)23-15(22)19-10-7-8-20(9-10)14(21)11-5-4-6-12(17)13(11)18/h4-6,10H,7-9H2,1-3H3,(H,19,22)/t10-/m0/s1. The fraction of sp³-hybridized carbons (Fsp3) is 0.500. The molecule has 0 spiro atoms. The molecule has 0 radical (unpaired) electrons. The van der Waals surface area contributed by atoms with Crippen LogP contribution in [0.4, 0.5) is 9.18 Å². The fourth-order valence-electron chi connectivity index (χ4n) is 2.38. The number of rotatable bonds is 2. The third kappa shape index (κ3) is 4.67. The van der Waals surface area contributed by atoms with E-state index in [0.717, 1.165) is 0 Å². The summed E-state index contributed by atoms with van der Waals surface area (Å²) in [6.45, 7) is 6.16. The van der Waals surface area contributed by atoms with Crippen LogP contribution in [-0.4, -0.2) is 41.6 Å². The number of benzene rings is 1. The van der Waals surface area contributed by atoms with E-state index < -0.39 is 17.5 Å². The average molecular weight is 387 g/mol. The molecule has 23 heavy (non-hydrogen) atoms. The molecule has 1 aromatic carbocycles. The molecule has 0 aromatic heterocycles. The van der Waals surface area contributed by atoms with E-state index >= 15 is 0 Å². The molecule has 1 aliphatic rings. The van der Waals surface area contributed by atoms with Crippen molar-refractivity contribution in [1.29, 1.82) is 0 Å². The number of amides is 2. The third-order valence-electron chi connectivity index (χ3n) is 3.38. The van der Waals surface area contributed by atoms with Crippen LogP contribution in [0.3, 0.4) is 0 Å². The fourth-order valence-corrected chi connectivity index (χ4v) is 2.74. The number of nitrogens with one attached hydrogen (secondary N) is 1. The number of hydrogen-bond donors (Lipinski definition) is 1. The number of ether oxygens (including phenoxy) is 1. The van der Waals surface area contributed by atoms with E-state index in [1.807, 2.05) is 0 Å². The van der Waals surface area contributed by atoms with Gasteiger partial charge >= 0.3 is 6.09 Å². The van der Waals surface area contributed by atoms with E-state index in [1.165, 1.54) is 11.0 Å². The number of carbonyl (C=O) groups excluding carboxylic acids is 2. The van der Waals surface area contributed by atoms with Crippen LogP contribution in [0.2, 0.25) is 0 Å². The second-order valence-electron chi connectivity index (χ2n) is 6.48. The molecule has 1 fully saturated rings. The molecule has 5 nitrogen and oxygen atoms in total. The predicted octanol–water partition coefficient (Wildman–Crippen LogP) is 3.33. The van der Waals surface area contributed by atoms with Gasteiger partial charge in [0.1, 0.15) is 11.4 Å². The minimum absolute atomic E-state index is 0.0253. The highest BCUT2D eigenvalue weighted by Gasteiger charge is 2.30. The van der Waals surface area contributed by atoms with Crippen molar-refractivity contribution in [2.75, 3.05) is 13.1 Å². The van der Waals surface area contributed by atoms with Crippen molar-refractivity contribution in [1.82, 2.24) is 10.2 Å². The molecule has 1 atom stereocenters. The summed E-state index contributed by atoms with van der Waals surface area (Å²) in [6.07, 6.45) is 0.103. The van der Waals surface area contributed by atoms with Gasteiger partial charge in [0.05, 0.1) is 16.1 Å². The quantitative estimate of drug-likeness (QED) is 0.847. The topological polar surface area (TPSA) is 58.6 Å². The van der Waals surface area contributed by atoms with Crippen LogP contribution >= 0.6 is 15.9 Å². The first-order valence-electron chi connectivity index (χ1n) is 7.40. The maximum absolute atomic E-state index is 14.0. The largest absolute Gasteiger partial charge is 0.444 e. The van der Waals surface area contributed by atoms with Gasteiger partial charge in [-0.2, -0.15) is 0 Å². The van der Waals surface area contributed by atoms with E-state index in [2.05, 4.69) is 21.2 Å². The van der Waals surface area contributed by atoms with Crippen LogP contribution < -0.4 is 5.32 Å². The smallest absolute Gasteiger partial charge is 0.407 e. The molecule has 0 aliphatic carbocycles. The van der Waals surface area contributed by atoms with E-state index in [-0.39, 0.29) is 22.0 Å². The summed E-state index contributed by atoms with van der Waals surface area (Å²) in [4.78, 5) is 25.7. The van der Waals surface area contributed by atoms with Crippen LogP contribution in [0.15, 0.2) is 22.7 Å². The van der Waals surface area contributed by atoms with Gasteiger partial charge in [-0.3, -0.25) is 4.79 Å². The molecular formula is C16H20BrFN2O3. The Labute approximate surface area is 143 Å². The first-order chi connectivity index (χ1) is 10.7. The Kier molecular flexibility index (Phi) is 5.29. The summed E-state index contributed by atoms with van der Waals surface area (Å²) >= 11 is 3.08. The van der Waals surface area contributed by atoms with Crippen molar-refractivity contribution in [3.63, 3.8) is 0 Å². The van der Waals surface area contributed by atoms with Gasteiger partial charge in [-0.05, 0) is 55.3 Å². The zero-order valence-corrected chi connectivity index (χ0v) is 14.9. The molecule has 7 heteroatoms. The molecule has 0 saturated carbocycles. The Bertz CT molecular complexity index is 616. The highest BCUT2D eigenvalue weighted by atomic mass is 79.9. The van der Waals surface area contributed by atoms with Crippen molar-refractivity contribution in [3.8, 4) is 0 Å². The number of carbonyl (C=O) groups is 2. The normalized spacial score (nSPS) is 18.0. The Morgan fingerprint density at radius 2 is 2.09 bits per heavy atom. The van der Waals surface area contributed by atoms with Gasteiger partial charge in [0.15, 0.2) is 0 Å². The Morgan fingerprint density at radius 1 is 1.39 bits per heavy atom. The van der Waals surface area contributed by atoms with Crippen LogP contribution in [0, 0.1) is 5.82 Å². The highest BCUT2D eigenvalue weighted by Crippen LogP contribution is 2.22. The molecule has 0 unspecified atom stereocenters. The number of nitrogens with zero attached hydrogens (tertiary/aromatic N) is 1. The second-order valence-corrected chi connectivity index (χ2v) is 7.34. The van der Waals surface area contributed by atoms with Gasteiger partial charge in [-0.15, -0.1) is 0 Å². The summed E-state index contributed by atoms with van der Waals surface area (Å²) in [7, 11) is 0. The first kappa shape index (κ1) is 17.7. The molecule has 1 heterocycles. The lowest BCUT2D eigenvalue weighted by molar-refractivity contribution is 0.0502. The van der Waals surface area contributed by atoms with Crippen LogP contribution in [0.5, 0.6) is 0 Å². The molecule has 2 amide bonds. The van der Waals surface area contributed by atoms with E-state index in [9.17, 15) is 14.0 Å². The Morgan fingerprint density at radius 3 is 2.74 bits per heavy atom. The summed E-state index contributed by atoms with van der Waals surface area (Å²) in [6, 6.07) is 4.43. The van der Waals surface area contributed by atoms with Crippen LogP contribution in [0.1, 0.15) is 37.6 Å². The molecule has 2 rings (SSSR count). The minimum atomic E-state index is -0.572. The Hall–Kier alpha value is -1.63. The summed E-state index contributed by atoms with van der Waals surface area (Å²) in [5, 5.41) is 2.74. The summed E-state index contributed by atoms with van der Waals surface area (Å²) in [5.41, 5.74) is -0.547. The zero-order chi connectivity index (χ0) is 17.2. The number of halogens is 2. The van der Waals surface area contributed by atoms with Crippen molar-refractivity contribution >= 4 is 27.9 Å². The van der Waals surface area contributed by atoms with Gasteiger partial charge < -0.3 is 15.0 Å². The van der Waals surface area contributed by atoms with Crippen molar-refractivity contribution in [2.45, 2.75) is 38.8 Å². The number of likely N-dealkylation sites (tertiary alicyclic amines) is 1. The van der Waals surface area contributed by atoms with Gasteiger partial charge in [0.2, 0.25) is 0 Å². The molecule has 1 aliphatic heterocycles. The van der Waals surface area contributed by atoms with Crippen molar-refractivity contribution < 1.29 is 18.7 Å². The van der Waals surface area contributed by atoms with E-state index in [4.69, 9.17) is 4.74 Å². The summed E-state index contributed by atoms with van der Waals surface area (Å²) in [5.74, 6) is -0.946. The predicted molar refractivity (Wildman–Crippen MR) is 87.8 cm³/mol. The lowest BCUT2D eigenvalue weighted by Gasteiger charge is -2.22. The third-order valence-corrected chi connectivity index (χ3v) is 3.99. The van der Waals surface area contributed by atoms with Gasteiger partial charge in [0, 0.05) is 13.1 Å². The monoisotopic (exact) mass is 386 g/mol. The van der Waals surface area contributed by atoms with Crippen molar-refractivity contribution in [2.24, 2.45) is 0 Å². The van der Waals surface area contributed by atoms with Crippen LogP contribution in [-0.2, 0) is 4.74 Å². The number of alkyl carbamates (subject to hydrolysis) is 1. The van der Waals surface area contributed by atoms with Gasteiger partial charge in [-0.25, -0.2) is 9.18 Å². The molecule has 1 aromatic rings. The average Bonchev–Trinajstić information content (AvgIpc) is 2.87. The lowest BCUT2D eigenvalue weighted by atomic mass is 10.2. The molecule has 1 saturated heterocycles.